The van der Waals surface area contributed by atoms with Crippen molar-refractivity contribution in [2.24, 2.45) is 0 Å². The first-order valence-corrected chi connectivity index (χ1v) is 8.24. The summed E-state index contributed by atoms with van der Waals surface area (Å²) in [5.41, 5.74) is 3.06. The molecule has 3 aromatic rings. The van der Waals surface area contributed by atoms with Gasteiger partial charge in [0.2, 0.25) is 5.91 Å². The number of hydrogen-bond acceptors (Lipinski definition) is 2. The smallest absolute Gasteiger partial charge is 0.220 e. The van der Waals surface area contributed by atoms with Crippen molar-refractivity contribution in [1.29, 1.82) is 0 Å². The molecule has 0 atom stereocenters. The molecule has 0 spiro atoms. The predicted octanol–water partition coefficient (Wildman–Crippen LogP) is 3.32. The summed E-state index contributed by atoms with van der Waals surface area (Å²) in [5, 5.41) is 2.90. The monoisotopic (exact) mass is 337 g/mol. The lowest BCUT2D eigenvalue weighted by Gasteiger charge is -2.07. The Balaban J connectivity index is 1.44. The normalized spacial score (nSPS) is 10.6. The molecule has 0 bridgehead atoms. The summed E-state index contributed by atoms with van der Waals surface area (Å²) in [7, 11) is 0. The van der Waals surface area contributed by atoms with Crippen LogP contribution in [0, 0.1) is 5.82 Å². The molecule has 3 rings (SSSR count). The third-order valence-corrected chi connectivity index (χ3v) is 3.97. The molecule has 0 radical (unpaired) electrons. The highest BCUT2D eigenvalue weighted by molar-refractivity contribution is 5.76. The number of hydrogen-bond donors (Lipinski definition) is 1. The minimum absolute atomic E-state index is 0.0354. The molecule has 0 aliphatic heterocycles. The number of nitrogens with one attached hydrogen (secondary N) is 1. The molecular formula is C20H20FN3O. The van der Waals surface area contributed by atoms with Gasteiger partial charge in [0.15, 0.2) is 0 Å². The average molecular weight is 337 g/mol. The Bertz CT molecular complexity index is 813. The molecule has 0 aliphatic rings. The Morgan fingerprint density at radius 2 is 1.88 bits per heavy atom. The van der Waals surface area contributed by atoms with Crippen molar-refractivity contribution in [3.63, 3.8) is 0 Å². The van der Waals surface area contributed by atoms with E-state index < -0.39 is 0 Å². The second-order valence-electron chi connectivity index (χ2n) is 5.96. The van der Waals surface area contributed by atoms with Crippen LogP contribution >= 0.6 is 0 Å². The van der Waals surface area contributed by atoms with Crippen molar-refractivity contribution in [3.05, 3.63) is 89.8 Å². The molecule has 0 unspecified atom stereocenters. The second-order valence-corrected chi connectivity index (χ2v) is 5.96. The largest absolute Gasteiger partial charge is 0.352 e. The van der Waals surface area contributed by atoms with Crippen LogP contribution in [0.25, 0.3) is 0 Å². The molecule has 0 aliphatic carbocycles. The molecular weight excluding hydrogens is 317 g/mol. The molecule has 1 N–H and O–H groups in total. The number of nitrogens with zero attached hydrogens (tertiary/aromatic N) is 2. The van der Waals surface area contributed by atoms with E-state index in [1.165, 1.54) is 17.7 Å². The number of halogens is 1. The molecule has 25 heavy (non-hydrogen) atoms. The highest BCUT2D eigenvalue weighted by atomic mass is 19.1. The van der Waals surface area contributed by atoms with Crippen LogP contribution in [0.2, 0.25) is 0 Å². The van der Waals surface area contributed by atoms with E-state index in [4.69, 9.17) is 0 Å². The summed E-state index contributed by atoms with van der Waals surface area (Å²) in [4.78, 5) is 16.0. The molecule has 128 valence electrons. The van der Waals surface area contributed by atoms with Crippen molar-refractivity contribution in [2.75, 3.05) is 0 Å². The van der Waals surface area contributed by atoms with Gasteiger partial charge in [-0.25, -0.2) is 9.37 Å². The number of carbonyl (C=O) groups is 1. The first kappa shape index (κ1) is 16.9. The van der Waals surface area contributed by atoms with E-state index in [-0.39, 0.29) is 11.7 Å². The van der Waals surface area contributed by atoms with Crippen LogP contribution in [0.3, 0.4) is 0 Å². The second kappa shape index (κ2) is 8.24. The van der Waals surface area contributed by atoms with Crippen LogP contribution in [0.15, 0.2) is 67.3 Å². The Labute approximate surface area is 146 Å². The van der Waals surface area contributed by atoms with Gasteiger partial charge in [0.05, 0.1) is 6.33 Å². The molecule has 5 heteroatoms. The van der Waals surface area contributed by atoms with Crippen LogP contribution in [0.5, 0.6) is 0 Å². The molecule has 1 aromatic heterocycles. The number of carbonyl (C=O) groups excluding carboxylic acids is 1. The number of amides is 1. The standard InChI is InChI=1S/C20H20FN3O/c21-19-3-1-2-16(12-19)8-9-20(25)23-13-17-4-6-18(7-5-17)14-24-11-10-22-15-24/h1-7,10-12,15H,8-9,13-14H2,(H,23,25). The topological polar surface area (TPSA) is 46.9 Å². The highest BCUT2D eigenvalue weighted by Gasteiger charge is 2.04. The van der Waals surface area contributed by atoms with E-state index in [1.807, 2.05) is 41.1 Å². The van der Waals surface area contributed by atoms with E-state index in [1.54, 1.807) is 18.6 Å². The van der Waals surface area contributed by atoms with Gasteiger partial charge in [-0.05, 0) is 35.2 Å². The Morgan fingerprint density at radius 1 is 1.08 bits per heavy atom. The zero-order valence-corrected chi connectivity index (χ0v) is 13.9. The third-order valence-electron chi connectivity index (χ3n) is 3.97. The Morgan fingerprint density at radius 3 is 2.60 bits per heavy atom. The summed E-state index contributed by atoms with van der Waals surface area (Å²) in [5.74, 6) is -0.305. The minimum Gasteiger partial charge on any atom is -0.352 e. The molecule has 4 nitrogen and oxygen atoms in total. The summed E-state index contributed by atoms with van der Waals surface area (Å²) in [6, 6.07) is 14.5. The molecule has 1 amide bonds. The van der Waals surface area contributed by atoms with Crippen LogP contribution in [-0.2, 0) is 24.3 Å². The molecule has 0 fully saturated rings. The van der Waals surface area contributed by atoms with Gasteiger partial charge in [0, 0.05) is 31.9 Å². The van der Waals surface area contributed by atoms with Gasteiger partial charge in [-0.3, -0.25) is 4.79 Å². The van der Waals surface area contributed by atoms with Crippen LogP contribution in [0.1, 0.15) is 23.1 Å². The van der Waals surface area contributed by atoms with Gasteiger partial charge in [-0.15, -0.1) is 0 Å². The van der Waals surface area contributed by atoms with Gasteiger partial charge in [-0.2, -0.15) is 0 Å². The van der Waals surface area contributed by atoms with Crippen molar-refractivity contribution < 1.29 is 9.18 Å². The summed E-state index contributed by atoms with van der Waals surface area (Å²) >= 11 is 0. The SMILES string of the molecule is O=C(CCc1cccc(F)c1)NCc1ccc(Cn2ccnc2)cc1. The lowest BCUT2D eigenvalue weighted by molar-refractivity contribution is -0.121. The van der Waals surface area contributed by atoms with Gasteiger partial charge in [0.1, 0.15) is 5.82 Å². The number of rotatable bonds is 7. The van der Waals surface area contributed by atoms with Crippen LogP contribution in [0.4, 0.5) is 4.39 Å². The van der Waals surface area contributed by atoms with E-state index in [0.717, 1.165) is 17.7 Å². The first-order valence-electron chi connectivity index (χ1n) is 8.24. The zero-order chi connectivity index (χ0) is 17.5. The fraction of sp³-hybridized carbons (Fsp3) is 0.200. The molecule has 0 saturated heterocycles. The summed E-state index contributed by atoms with van der Waals surface area (Å²) in [6.07, 6.45) is 6.35. The Kier molecular flexibility index (Phi) is 5.57. The first-order chi connectivity index (χ1) is 12.2. The number of benzene rings is 2. The maximum Gasteiger partial charge on any atom is 0.220 e. The fourth-order valence-electron chi connectivity index (χ4n) is 2.59. The van der Waals surface area contributed by atoms with Crippen LogP contribution < -0.4 is 5.32 Å². The van der Waals surface area contributed by atoms with Gasteiger partial charge in [-0.1, -0.05) is 36.4 Å². The van der Waals surface area contributed by atoms with Crippen molar-refractivity contribution in [2.45, 2.75) is 25.9 Å². The predicted molar refractivity (Wildman–Crippen MR) is 94.3 cm³/mol. The van der Waals surface area contributed by atoms with E-state index in [0.29, 0.717) is 19.4 Å². The number of imidazole rings is 1. The maximum absolute atomic E-state index is 13.1. The molecule has 1 heterocycles. The quantitative estimate of drug-likeness (QED) is 0.719. The van der Waals surface area contributed by atoms with Gasteiger partial charge < -0.3 is 9.88 Å². The van der Waals surface area contributed by atoms with E-state index in [9.17, 15) is 9.18 Å². The number of aromatic nitrogens is 2. The van der Waals surface area contributed by atoms with Gasteiger partial charge >= 0.3 is 0 Å². The molecule has 0 saturated carbocycles. The molecule has 2 aromatic carbocycles. The average Bonchev–Trinajstić information content (AvgIpc) is 3.12. The third kappa shape index (κ3) is 5.28. The summed E-state index contributed by atoms with van der Waals surface area (Å²) < 4.78 is 15.1. The van der Waals surface area contributed by atoms with Crippen molar-refractivity contribution >= 4 is 5.91 Å². The zero-order valence-electron chi connectivity index (χ0n) is 13.9. The lowest BCUT2D eigenvalue weighted by atomic mass is 10.1. The van der Waals surface area contributed by atoms with Gasteiger partial charge in [0.25, 0.3) is 0 Å². The van der Waals surface area contributed by atoms with Crippen molar-refractivity contribution in [1.82, 2.24) is 14.9 Å². The lowest BCUT2D eigenvalue weighted by Crippen LogP contribution is -2.23. The summed E-state index contributed by atoms with van der Waals surface area (Å²) in [6.45, 7) is 1.27. The minimum atomic E-state index is -0.270. The maximum atomic E-state index is 13.1. The van der Waals surface area contributed by atoms with Crippen LogP contribution in [-0.4, -0.2) is 15.5 Å². The number of aryl methyl sites for hydroxylation is 1. The highest BCUT2D eigenvalue weighted by Crippen LogP contribution is 2.08. The fourth-order valence-corrected chi connectivity index (χ4v) is 2.59. The van der Waals surface area contributed by atoms with Crippen molar-refractivity contribution in [3.8, 4) is 0 Å². The Hall–Kier alpha value is -2.95. The van der Waals surface area contributed by atoms with E-state index >= 15 is 0 Å². The van der Waals surface area contributed by atoms with E-state index in [2.05, 4.69) is 10.3 Å².